The molecule has 3 amide bonds. The highest BCUT2D eigenvalue weighted by molar-refractivity contribution is 5.85. The molecule has 0 spiro atoms. The first kappa shape index (κ1) is 24.0. The molecule has 3 N–H and O–H groups in total. The Morgan fingerprint density at radius 3 is 2.72 bits per heavy atom. The standard InChI is InChI=1S/C26H32N6O4/c1-16-8-9-17(2)19(12-16)20-13-21-25-29-32(26(34)30(25)10-11-31(21)28-20)15-23(33)27-14-18-6-5-7-22(35-3)24(18)36-4/h5-12,20-21,25,28-29H,13-15H2,1-4H3,(H,27,33). The van der Waals surface area contributed by atoms with Gasteiger partial charge >= 0.3 is 6.03 Å². The molecule has 0 bridgehead atoms. The molecule has 0 radical (unpaired) electrons. The highest BCUT2D eigenvalue weighted by atomic mass is 16.5. The number of carbonyl (C=O) groups excluding carboxylic acids is 2. The maximum Gasteiger partial charge on any atom is 0.340 e. The molecule has 10 nitrogen and oxygen atoms in total. The number of nitrogens with one attached hydrogen (secondary N) is 3. The van der Waals surface area contributed by atoms with Gasteiger partial charge < -0.3 is 19.8 Å². The Balaban J connectivity index is 1.22. The summed E-state index contributed by atoms with van der Waals surface area (Å²) in [5, 5.41) is 6.31. The van der Waals surface area contributed by atoms with Crippen LogP contribution in [0.15, 0.2) is 48.8 Å². The molecule has 3 unspecified atom stereocenters. The molecule has 0 aromatic heterocycles. The van der Waals surface area contributed by atoms with E-state index in [4.69, 9.17) is 9.47 Å². The van der Waals surface area contributed by atoms with Crippen LogP contribution in [0.3, 0.4) is 0 Å². The molecule has 10 heteroatoms. The average molecular weight is 493 g/mol. The topological polar surface area (TPSA) is 98.4 Å². The largest absolute Gasteiger partial charge is 0.493 e. The number of amides is 3. The molecular weight excluding hydrogens is 460 g/mol. The van der Waals surface area contributed by atoms with Crippen molar-refractivity contribution in [2.45, 2.75) is 45.1 Å². The van der Waals surface area contributed by atoms with E-state index in [2.05, 4.69) is 53.2 Å². The fraction of sp³-hybridized carbons (Fsp3) is 0.385. The first-order valence-electron chi connectivity index (χ1n) is 12.0. The van der Waals surface area contributed by atoms with Crippen LogP contribution >= 0.6 is 0 Å². The lowest BCUT2D eigenvalue weighted by molar-refractivity contribution is -0.122. The van der Waals surface area contributed by atoms with Crippen molar-refractivity contribution < 1.29 is 19.1 Å². The Morgan fingerprint density at radius 2 is 1.94 bits per heavy atom. The number of aryl methyl sites for hydroxylation is 2. The number of rotatable bonds is 7. The molecule has 3 aliphatic rings. The van der Waals surface area contributed by atoms with Gasteiger partial charge in [-0.1, -0.05) is 35.9 Å². The molecule has 5 rings (SSSR count). The third-order valence-electron chi connectivity index (χ3n) is 7.00. The SMILES string of the molecule is COc1cccc(CNC(=O)CN2NC3C4CC(c5cc(C)ccc5C)NN4C=CN3C2=O)c1OC. The lowest BCUT2D eigenvalue weighted by Crippen LogP contribution is -2.54. The van der Waals surface area contributed by atoms with Crippen molar-refractivity contribution in [3.05, 3.63) is 71.1 Å². The summed E-state index contributed by atoms with van der Waals surface area (Å²) >= 11 is 0. The monoisotopic (exact) mass is 492 g/mol. The number of para-hydroxylation sites is 1. The zero-order chi connectivity index (χ0) is 25.4. The molecule has 0 saturated carbocycles. The van der Waals surface area contributed by atoms with Gasteiger partial charge in [-0.25, -0.2) is 20.7 Å². The maximum absolute atomic E-state index is 13.1. The molecule has 3 aliphatic heterocycles. The zero-order valence-corrected chi connectivity index (χ0v) is 20.9. The highest BCUT2D eigenvalue weighted by Gasteiger charge is 2.48. The predicted octanol–water partition coefficient (Wildman–Crippen LogP) is 2.31. The van der Waals surface area contributed by atoms with Gasteiger partial charge in [-0.05, 0) is 37.5 Å². The third-order valence-corrected chi connectivity index (χ3v) is 7.00. The van der Waals surface area contributed by atoms with Gasteiger partial charge in [-0.2, -0.15) is 0 Å². The number of nitrogens with zero attached hydrogens (tertiary/aromatic N) is 3. The number of ether oxygens (including phenoxy) is 2. The van der Waals surface area contributed by atoms with Crippen LogP contribution in [0.1, 0.15) is 34.7 Å². The highest BCUT2D eigenvalue weighted by Crippen LogP contribution is 2.36. The summed E-state index contributed by atoms with van der Waals surface area (Å²) in [6, 6.07) is 11.9. The Morgan fingerprint density at radius 1 is 1.11 bits per heavy atom. The maximum atomic E-state index is 13.1. The second kappa shape index (κ2) is 9.71. The van der Waals surface area contributed by atoms with E-state index in [1.54, 1.807) is 31.4 Å². The fourth-order valence-electron chi connectivity index (χ4n) is 5.16. The quantitative estimate of drug-likeness (QED) is 0.546. The van der Waals surface area contributed by atoms with Crippen molar-refractivity contribution in [3.63, 3.8) is 0 Å². The van der Waals surface area contributed by atoms with E-state index in [0.29, 0.717) is 11.5 Å². The summed E-state index contributed by atoms with van der Waals surface area (Å²) in [7, 11) is 3.13. The number of hydrogen-bond acceptors (Lipinski definition) is 7. The van der Waals surface area contributed by atoms with Crippen molar-refractivity contribution in [2.75, 3.05) is 20.8 Å². The third kappa shape index (κ3) is 4.33. The van der Waals surface area contributed by atoms with Crippen molar-refractivity contribution in [1.29, 1.82) is 0 Å². The van der Waals surface area contributed by atoms with E-state index in [1.165, 1.54) is 21.7 Å². The number of hydrogen-bond donors (Lipinski definition) is 3. The second-order valence-electron chi connectivity index (χ2n) is 9.33. The van der Waals surface area contributed by atoms with Gasteiger partial charge in [-0.15, -0.1) is 0 Å². The van der Waals surface area contributed by atoms with Gasteiger partial charge in [0.25, 0.3) is 0 Å². The summed E-state index contributed by atoms with van der Waals surface area (Å²) in [5.41, 5.74) is 11.3. The molecule has 2 aromatic carbocycles. The number of fused-ring (bicyclic) bond motifs is 3. The van der Waals surface area contributed by atoms with Gasteiger partial charge in [0.2, 0.25) is 5.91 Å². The van der Waals surface area contributed by atoms with Crippen LogP contribution < -0.4 is 25.6 Å². The first-order valence-corrected chi connectivity index (χ1v) is 12.0. The number of hydrazine groups is 2. The van der Waals surface area contributed by atoms with Crippen LogP contribution in [-0.4, -0.2) is 59.8 Å². The summed E-state index contributed by atoms with van der Waals surface area (Å²) in [4.78, 5) is 27.4. The van der Waals surface area contributed by atoms with Gasteiger partial charge in [-0.3, -0.25) is 9.69 Å². The van der Waals surface area contributed by atoms with Gasteiger partial charge in [0.05, 0.1) is 26.3 Å². The van der Waals surface area contributed by atoms with Crippen molar-refractivity contribution in [2.24, 2.45) is 0 Å². The molecular formula is C26H32N6O4. The first-order chi connectivity index (χ1) is 17.4. The van der Waals surface area contributed by atoms with Crippen molar-refractivity contribution >= 4 is 11.9 Å². The van der Waals surface area contributed by atoms with Gasteiger partial charge in [0, 0.05) is 24.5 Å². The van der Waals surface area contributed by atoms with Crippen LogP contribution in [0.5, 0.6) is 11.5 Å². The predicted molar refractivity (Wildman–Crippen MR) is 133 cm³/mol. The number of methoxy groups -OCH3 is 2. The summed E-state index contributed by atoms with van der Waals surface area (Å²) in [6.45, 7) is 4.37. The average Bonchev–Trinajstić information content (AvgIpc) is 3.45. The van der Waals surface area contributed by atoms with E-state index in [1.807, 2.05) is 18.3 Å². The summed E-state index contributed by atoms with van der Waals surface area (Å²) < 4.78 is 10.8. The lowest BCUT2D eigenvalue weighted by Gasteiger charge is -2.34. The van der Waals surface area contributed by atoms with Crippen molar-refractivity contribution in [1.82, 2.24) is 31.1 Å². The van der Waals surface area contributed by atoms with Crippen LogP contribution in [0.25, 0.3) is 0 Å². The summed E-state index contributed by atoms with van der Waals surface area (Å²) in [6.07, 6.45) is 4.21. The van der Waals surface area contributed by atoms with E-state index in [0.717, 1.165) is 12.0 Å². The number of carbonyl (C=O) groups is 2. The van der Waals surface area contributed by atoms with Crippen LogP contribution in [0.2, 0.25) is 0 Å². The van der Waals surface area contributed by atoms with Crippen LogP contribution in [0, 0.1) is 13.8 Å². The molecule has 190 valence electrons. The lowest BCUT2D eigenvalue weighted by atomic mass is 9.95. The molecule has 36 heavy (non-hydrogen) atoms. The van der Waals surface area contributed by atoms with E-state index in [9.17, 15) is 9.59 Å². The molecule has 2 fully saturated rings. The van der Waals surface area contributed by atoms with Crippen LogP contribution in [0.4, 0.5) is 4.79 Å². The van der Waals surface area contributed by atoms with Crippen LogP contribution in [-0.2, 0) is 11.3 Å². The molecule has 3 atom stereocenters. The minimum absolute atomic E-state index is 0.0259. The Hall–Kier alpha value is -3.76. The molecule has 3 heterocycles. The van der Waals surface area contributed by atoms with Gasteiger partial charge in [0.1, 0.15) is 12.7 Å². The van der Waals surface area contributed by atoms with E-state index >= 15 is 0 Å². The van der Waals surface area contributed by atoms with Gasteiger partial charge in [0.15, 0.2) is 11.5 Å². The zero-order valence-electron chi connectivity index (χ0n) is 20.9. The number of benzene rings is 2. The Bertz CT molecular complexity index is 1200. The van der Waals surface area contributed by atoms with E-state index < -0.39 is 0 Å². The molecule has 2 aromatic rings. The number of urea groups is 1. The normalized spacial score (nSPS) is 22.5. The second-order valence-corrected chi connectivity index (χ2v) is 9.33. The Labute approximate surface area is 210 Å². The smallest absolute Gasteiger partial charge is 0.340 e. The molecule has 2 saturated heterocycles. The van der Waals surface area contributed by atoms with E-state index in [-0.39, 0.29) is 43.3 Å². The summed E-state index contributed by atoms with van der Waals surface area (Å²) in [5.74, 6) is 0.891. The van der Waals surface area contributed by atoms with Crippen molar-refractivity contribution in [3.8, 4) is 11.5 Å². The molecule has 0 aliphatic carbocycles. The minimum Gasteiger partial charge on any atom is -0.493 e. The minimum atomic E-state index is -0.279. The fourth-order valence-corrected chi connectivity index (χ4v) is 5.16. The Kier molecular flexibility index (Phi) is 6.46.